The lowest BCUT2D eigenvalue weighted by atomic mass is 9.95. The Kier molecular flexibility index (Phi) is 7.58. The van der Waals surface area contributed by atoms with Crippen LogP contribution in [0.15, 0.2) is 86.3 Å². The lowest BCUT2D eigenvalue weighted by Gasteiger charge is -2.17. The molecule has 0 aromatic heterocycles. The first-order valence-corrected chi connectivity index (χ1v) is 11.8. The van der Waals surface area contributed by atoms with Crippen molar-refractivity contribution in [3.8, 4) is 33.8 Å². The Morgan fingerprint density at radius 3 is 2.21 bits per heavy atom. The van der Waals surface area contributed by atoms with Crippen LogP contribution in [0.3, 0.4) is 0 Å². The predicted octanol–water partition coefficient (Wildman–Crippen LogP) is 7.69. The molecule has 2 unspecified atom stereocenters. The normalized spacial score (nSPS) is 14.5. The standard InChI is InChI=1S/C30H32O4/c1-5-30(32-7-3)34-24-12-9-22(10-13-24)23-11-15-26-27-16-14-25(33-18-8-17-31-6-2)20-29(27)21(4)28(26)19-23/h6-7,9-16,19-21,30H,2-3,5,8,17-18H2,1,4H3. The Labute approximate surface area is 202 Å². The molecule has 0 amide bonds. The minimum Gasteiger partial charge on any atom is -0.502 e. The molecule has 4 heteroatoms. The molecule has 0 heterocycles. The maximum atomic E-state index is 5.94. The number of rotatable bonds is 12. The molecule has 4 rings (SSSR count). The van der Waals surface area contributed by atoms with Gasteiger partial charge in [0, 0.05) is 18.8 Å². The summed E-state index contributed by atoms with van der Waals surface area (Å²) in [5, 5.41) is 0. The first-order valence-electron chi connectivity index (χ1n) is 11.8. The smallest absolute Gasteiger partial charge is 0.239 e. The van der Waals surface area contributed by atoms with Gasteiger partial charge in [0.1, 0.15) is 11.5 Å². The van der Waals surface area contributed by atoms with Gasteiger partial charge in [-0.25, -0.2) is 0 Å². The Morgan fingerprint density at radius 2 is 1.50 bits per heavy atom. The van der Waals surface area contributed by atoms with Gasteiger partial charge in [0.15, 0.2) is 0 Å². The molecule has 0 N–H and O–H groups in total. The summed E-state index contributed by atoms with van der Waals surface area (Å²) < 4.78 is 22.3. The first-order chi connectivity index (χ1) is 16.6. The molecule has 1 aliphatic carbocycles. The summed E-state index contributed by atoms with van der Waals surface area (Å²) in [6.07, 6.45) is 4.13. The zero-order valence-electron chi connectivity index (χ0n) is 20.0. The van der Waals surface area contributed by atoms with Crippen molar-refractivity contribution in [3.05, 3.63) is 97.5 Å². The van der Waals surface area contributed by atoms with Gasteiger partial charge in [0.25, 0.3) is 0 Å². The van der Waals surface area contributed by atoms with Crippen LogP contribution in [-0.2, 0) is 9.47 Å². The number of ether oxygens (including phenoxy) is 4. The second-order valence-electron chi connectivity index (χ2n) is 8.30. The molecule has 0 saturated heterocycles. The molecule has 0 fully saturated rings. The second-order valence-corrected chi connectivity index (χ2v) is 8.30. The fourth-order valence-corrected chi connectivity index (χ4v) is 4.36. The highest BCUT2D eigenvalue weighted by atomic mass is 16.7. The van der Waals surface area contributed by atoms with Gasteiger partial charge in [-0.2, -0.15) is 0 Å². The van der Waals surface area contributed by atoms with E-state index in [1.165, 1.54) is 40.3 Å². The molecule has 0 radical (unpaired) electrons. The van der Waals surface area contributed by atoms with E-state index >= 15 is 0 Å². The summed E-state index contributed by atoms with van der Waals surface area (Å²) in [6, 6.07) is 21.3. The fourth-order valence-electron chi connectivity index (χ4n) is 4.36. The quantitative estimate of drug-likeness (QED) is 0.159. The lowest BCUT2D eigenvalue weighted by molar-refractivity contribution is -0.0308. The van der Waals surface area contributed by atoms with Crippen molar-refractivity contribution in [1.82, 2.24) is 0 Å². The molecule has 0 aliphatic heterocycles. The van der Waals surface area contributed by atoms with Gasteiger partial charge in [0.2, 0.25) is 6.29 Å². The van der Waals surface area contributed by atoms with E-state index in [4.69, 9.17) is 18.9 Å². The van der Waals surface area contributed by atoms with Crippen LogP contribution in [0.25, 0.3) is 22.3 Å². The fraction of sp³-hybridized carbons (Fsp3) is 0.267. The van der Waals surface area contributed by atoms with Crippen molar-refractivity contribution < 1.29 is 18.9 Å². The zero-order chi connectivity index (χ0) is 23.9. The van der Waals surface area contributed by atoms with Crippen LogP contribution in [0.5, 0.6) is 11.5 Å². The Hall–Kier alpha value is -3.66. The van der Waals surface area contributed by atoms with Gasteiger partial charge in [0.05, 0.1) is 25.7 Å². The summed E-state index contributed by atoms with van der Waals surface area (Å²) in [6.45, 7) is 12.7. The third-order valence-corrected chi connectivity index (χ3v) is 6.13. The zero-order valence-corrected chi connectivity index (χ0v) is 20.0. The van der Waals surface area contributed by atoms with Gasteiger partial charge in [-0.1, -0.05) is 57.3 Å². The largest absolute Gasteiger partial charge is 0.502 e. The first kappa shape index (κ1) is 23.5. The summed E-state index contributed by atoms with van der Waals surface area (Å²) in [7, 11) is 0. The van der Waals surface area contributed by atoms with Crippen LogP contribution in [0.1, 0.15) is 43.7 Å². The highest BCUT2D eigenvalue weighted by molar-refractivity contribution is 5.82. The third-order valence-electron chi connectivity index (χ3n) is 6.13. The minimum absolute atomic E-state index is 0.307. The molecule has 0 spiro atoms. The van der Waals surface area contributed by atoms with E-state index in [-0.39, 0.29) is 6.29 Å². The highest BCUT2D eigenvalue weighted by Crippen LogP contribution is 2.47. The van der Waals surface area contributed by atoms with E-state index in [9.17, 15) is 0 Å². The van der Waals surface area contributed by atoms with Gasteiger partial charge >= 0.3 is 0 Å². The summed E-state index contributed by atoms with van der Waals surface area (Å²) in [4.78, 5) is 0. The van der Waals surface area contributed by atoms with Crippen molar-refractivity contribution in [3.63, 3.8) is 0 Å². The van der Waals surface area contributed by atoms with Crippen molar-refractivity contribution in [2.24, 2.45) is 0 Å². The minimum atomic E-state index is -0.322. The van der Waals surface area contributed by atoms with E-state index in [0.717, 1.165) is 29.9 Å². The molecular weight excluding hydrogens is 424 g/mol. The molecule has 3 aromatic carbocycles. The number of hydrogen-bond acceptors (Lipinski definition) is 4. The molecule has 4 nitrogen and oxygen atoms in total. The molecule has 0 saturated carbocycles. The van der Waals surface area contributed by atoms with Crippen LogP contribution >= 0.6 is 0 Å². The van der Waals surface area contributed by atoms with Crippen molar-refractivity contribution in [2.75, 3.05) is 13.2 Å². The Morgan fingerprint density at radius 1 is 0.824 bits per heavy atom. The number of hydrogen-bond donors (Lipinski definition) is 0. The van der Waals surface area contributed by atoms with E-state index in [2.05, 4.69) is 68.6 Å². The summed E-state index contributed by atoms with van der Waals surface area (Å²) >= 11 is 0. The van der Waals surface area contributed by atoms with Crippen molar-refractivity contribution in [1.29, 1.82) is 0 Å². The van der Waals surface area contributed by atoms with Gasteiger partial charge < -0.3 is 18.9 Å². The number of benzene rings is 3. The van der Waals surface area contributed by atoms with E-state index in [1.807, 2.05) is 19.1 Å². The van der Waals surface area contributed by atoms with Gasteiger partial charge in [-0.05, 0) is 63.7 Å². The lowest BCUT2D eigenvalue weighted by Crippen LogP contribution is -2.16. The monoisotopic (exact) mass is 456 g/mol. The van der Waals surface area contributed by atoms with Crippen LogP contribution in [0, 0.1) is 0 Å². The Bertz CT molecular complexity index is 1130. The highest BCUT2D eigenvalue weighted by Gasteiger charge is 2.26. The number of fused-ring (bicyclic) bond motifs is 3. The average Bonchev–Trinajstić information content (AvgIpc) is 3.15. The van der Waals surface area contributed by atoms with Crippen LogP contribution in [0.2, 0.25) is 0 Å². The SMILES string of the molecule is C=COCCCOc1ccc2c(c1)C(C)c1cc(-c3ccc(OC(CC)OC=C)cc3)ccc1-2. The molecule has 0 bridgehead atoms. The predicted molar refractivity (Wildman–Crippen MR) is 137 cm³/mol. The van der Waals surface area contributed by atoms with Crippen LogP contribution in [-0.4, -0.2) is 19.5 Å². The van der Waals surface area contributed by atoms with E-state index < -0.39 is 0 Å². The molecule has 2 atom stereocenters. The molecule has 1 aliphatic rings. The molecule has 34 heavy (non-hydrogen) atoms. The summed E-state index contributed by atoms with van der Waals surface area (Å²) in [5.41, 5.74) is 7.58. The topological polar surface area (TPSA) is 36.9 Å². The van der Waals surface area contributed by atoms with E-state index in [0.29, 0.717) is 19.1 Å². The summed E-state index contributed by atoms with van der Waals surface area (Å²) in [5.74, 6) is 1.99. The van der Waals surface area contributed by atoms with Crippen LogP contribution < -0.4 is 9.47 Å². The Balaban J connectivity index is 1.48. The van der Waals surface area contributed by atoms with Crippen molar-refractivity contribution in [2.45, 2.75) is 38.9 Å². The van der Waals surface area contributed by atoms with Crippen LogP contribution in [0.4, 0.5) is 0 Å². The van der Waals surface area contributed by atoms with E-state index in [1.54, 1.807) is 0 Å². The van der Waals surface area contributed by atoms with Gasteiger partial charge in [-0.15, -0.1) is 0 Å². The maximum absolute atomic E-state index is 5.94. The molecule has 176 valence electrons. The van der Waals surface area contributed by atoms with Gasteiger partial charge in [-0.3, -0.25) is 0 Å². The third kappa shape index (κ3) is 5.12. The second kappa shape index (κ2) is 11.0. The van der Waals surface area contributed by atoms with Crippen molar-refractivity contribution >= 4 is 0 Å². The maximum Gasteiger partial charge on any atom is 0.239 e. The average molecular weight is 457 g/mol. The molecular formula is C30H32O4. The molecule has 3 aromatic rings.